The van der Waals surface area contributed by atoms with Crippen LogP contribution in [0.15, 0.2) is 35.1 Å². The summed E-state index contributed by atoms with van der Waals surface area (Å²) in [4.78, 5) is 29.4. The highest BCUT2D eigenvalue weighted by atomic mass is 16.2. The van der Waals surface area contributed by atoms with Gasteiger partial charge in [-0.05, 0) is 50.8 Å². The molecule has 0 saturated carbocycles. The molecule has 3 rings (SSSR count). The van der Waals surface area contributed by atoms with Gasteiger partial charge in [-0.25, -0.2) is 4.79 Å². The molecule has 0 radical (unpaired) electrons. The number of rotatable bonds is 3. The zero-order valence-corrected chi connectivity index (χ0v) is 15.1. The highest BCUT2D eigenvalue weighted by molar-refractivity contribution is 5.75. The molecule has 1 aromatic heterocycles. The van der Waals surface area contributed by atoms with E-state index < -0.39 is 0 Å². The number of hydrogen-bond donors (Lipinski definition) is 2. The van der Waals surface area contributed by atoms with Gasteiger partial charge in [-0.15, -0.1) is 0 Å². The summed E-state index contributed by atoms with van der Waals surface area (Å²) < 4.78 is 0. The average molecular weight is 339 g/mol. The number of hydrogen-bond acceptors (Lipinski definition) is 2. The lowest BCUT2D eigenvalue weighted by molar-refractivity contribution is 0.192. The molecular weight excluding hydrogens is 314 g/mol. The minimum absolute atomic E-state index is 0.109. The van der Waals surface area contributed by atoms with Crippen LogP contribution in [-0.4, -0.2) is 22.5 Å². The lowest BCUT2D eigenvalue weighted by Gasteiger charge is -2.25. The Morgan fingerprint density at radius 2 is 1.96 bits per heavy atom. The Morgan fingerprint density at radius 1 is 1.24 bits per heavy atom. The molecule has 1 fully saturated rings. The summed E-state index contributed by atoms with van der Waals surface area (Å²) >= 11 is 0. The fourth-order valence-electron chi connectivity index (χ4n) is 3.51. The molecule has 1 aliphatic heterocycles. The van der Waals surface area contributed by atoms with Crippen molar-refractivity contribution in [1.29, 1.82) is 0 Å². The van der Waals surface area contributed by atoms with Gasteiger partial charge in [0, 0.05) is 17.8 Å². The number of carbonyl (C=O) groups is 1. The summed E-state index contributed by atoms with van der Waals surface area (Å²) in [6.45, 7) is 6.80. The second kappa shape index (κ2) is 7.13. The molecule has 2 amide bonds. The zero-order valence-electron chi connectivity index (χ0n) is 15.1. The number of carbonyl (C=O) groups excluding carboxylic acids is 1. The first-order valence-corrected chi connectivity index (χ1v) is 8.76. The van der Waals surface area contributed by atoms with E-state index in [0.29, 0.717) is 5.56 Å². The van der Waals surface area contributed by atoms with E-state index >= 15 is 0 Å². The first-order valence-electron chi connectivity index (χ1n) is 8.76. The van der Waals surface area contributed by atoms with Crippen molar-refractivity contribution < 1.29 is 4.79 Å². The number of urea groups is 1. The van der Waals surface area contributed by atoms with Crippen LogP contribution in [0.2, 0.25) is 0 Å². The molecule has 1 saturated heterocycles. The second-order valence-electron chi connectivity index (χ2n) is 6.86. The Balaban J connectivity index is 1.70. The van der Waals surface area contributed by atoms with Crippen LogP contribution >= 0.6 is 0 Å². The third-order valence-corrected chi connectivity index (χ3v) is 4.89. The van der Waals surface area contributed by atoms with E-state index in [1.807, 2.05) is 24.8 Å². The Hall–Kier alpha value is -2.56. The number of pyridine rings is 1. The Labute approximate surface area is 148 Å². The minimum Gasteiger partial charge on any atom is -0.334 e. The Morgan fingerprint density at radius 3 is 2.64 bits per heavy atom. The van der Waals surface area contributed by atoms with E-state index in [0.717, 1.165) is 30.6 Å². The molecular formula is C20H25N3O2. The summed E-state index contributed by atoms with van der Waals surface area (Å²) in [5, 5.41) is 2.92. The predicted molar refractivity (Wildman–Crippen MR) is 98.6 cm³/mol. The first-order chi connectivity index (χ1) is 12.0. The largest absolute Gasteiger partial charge is 0.334 e. The minimum atomic E-state index is -0.130. The van der Waals surface area contributed by atoms with E-state index in [4.69, 9.17) is 0 Å². The number of benzene rings is 1. The number of aromatic nitrogens is 1. The van der Waals surface area contributed by atoms with E-state index in [1.165, 1.54) is 11.1 Å². The maximum absolute atomic E-state index is 12.7. The van der Waals surface area contributed by atoms with Gasteiger partial charge in [0.25, 0.3) is 5.56 Å². The summed E-state index contributed by atoms with van der Waals surface area (Å²) in [6, 6.07) is 10.3. The summed E-state index contributed by atoms with van der Waals surface area (Å²) in [5.74, 6) is 0. The van der Waals surface area contributed by atoms with E-state index in [-0.39, 0.29) is 24.2 Å². The van der Waals surface area contributed by atoms with Gasteiger partial charge in [0.2, 0.25) is 0 Å². The first kappa shape index (κ1) is 17.3. The van der Waals surface area contributed by atoms with Crippen LogP contribution in [0.4, 0.5) is 4.79 Å². The normalized spacial score (nSPS) is 16.9. The van der Waals surface area contributed by atoms with E-state index in [2.05, 4.69) is 41.5 Å². The van der Waals surface area contributed by atoms with E-state index in [1.54, 1.807) is 0 Å². The molecule has 0 spiro atoms. The molecule has 2 N–H and O–H groups in total. The monoisotopic (exact) mass is 339 g/mol. The number of likely N-dealkylation sites (tertiary alicyclic amines) is 1. The van der Waals surface area contributed by atoms with Crippen molar-refractivity contribution in [1.82, 2.24) is 15.2 Å². The molecule has 25 heavy (non-hydrogen) atoms. The van der Waals surface area contributed by atoms with Crippen molar-refractivity contribution in [3.05, 3.63) is 68.6 Å². The molecule has 0 unspecified atom stereocenters. The summed E-state index contributed by atoms with van der Waals surface area (Å²) in [5.41, 5.74) is 4.60. The van der Waals surface area contributed by atoms with Crippen LogP contribution < -0.4 is 10.9 Å². The van der Waals surface area contributed by atoms with Gasteiger partial charge >= 0.3 is 6.03 Å². The van der Waals surface area contributed by atoms with Crippen LogP contribution in [0, 0.1) is 20.8 Å². The molecule has 5 heteroatoms. The van der Waals surface area contributed by atoms with Crippen molar-refractivity contribution in [2.75, 3.05) is 6.54 Å². The highest BCUT2D eigenvalue weighted by Crippen LogP contribution is 2.31. The standard InChI is InChI=1S/C20H25N3O2/c1-13-6-8-16(9-7-13)18-5-4-10-23(18)20(25)21-12-17-14(2)11-15(3)22-19(17)24/h6-9,11,18H,4-5,10,12H2,1-3H3,(H,21,25)(H,22,24)/t18-/m0/s1. The molecule has 0 bridgehead atoms. The molecule has 1 atom stereocenters. The van der Waals surface area contributed by atoms with Gasteiger partial charge < -0.3 is 15.2 Å². The van der Waals surface area contributed by atoms with Gasteiger partial charge in [0.05, 0.1) is 12.6 Å². The van der Waals surface area contributed by atoms with Gasteiger partial charge in [-0.1, -0.05) is 29.8 Å². The fourth-order valence-corrected chi connectivity index (χ4v) is 3.51. The number of aryl methyl sites for hydroxylation is 3. The molecule has 5 nitrogen and oxygen atoms in total. The van der Waals surface area contributed by atoms with Gasteiger partial charge in [-0.2, -0.15) is 0 Å². The Kier molecular flexibility index (Phi) is 4.93. The molecule has 1 aromatic carbocycles. The molecule has 0 aliphatic carbocycles. The average Bonchev–Trinajstić information content (AvgIpc) is 3.04. The number of aromatic amines is 1. The smallest absolute Gasteiger partial charge is 0.318 e. The number of H-pyrrole nitrogens is 1. The zero-order chi connectivity index (χ0) is 18.0. The predicted octanol–water partition coefficient (Wildman–Crippen LogP) is 3.35. The van der Waals surface area contributed by atoms with Crippen molar-refractivity contribution in [3.63, 3.8) is 0 Å². The topological polar surface area (TPSA) is 65.2 Å². The summed E-state index contributed by atoms with van der Waals surface area (Å²) in [6.07, 6.45) is 1.97. The third-order valence-electron chi connectivity index (χ3n) is 4.89. The third kappa shape index (κ3) is 3.76. The maximum atomic E-state index is 12.7. The Bertz CT molecular complexity index is 824. The van der Waals surface area contributed by atoms with Crippen molar-refractivity contribution in [3.8, 4) is 0 Å². The maximum Gasteiger partial charge on any atom is 0.318 e. The van der Waals surface area contributed by atoms with Crippen LogP contribution in [0.5, 0.6) is 0 Å². The molecule has 1 aliphatic rings. The van der Waals surface area contributed by atoms with Gasteiger partial charge in [0.15, 0.2) is 0 Å². The number of nitrogens with one attached hydrogen (secondary N) is 2. The lowest BCUT2D eigenvalue weighted by Crippen LogP contribution is -2.40. The van der Waals surface area contributed by atoms with Crippen LogP contribution in [0.25, 0.3) is 0 Å². The van der Waals surface area contributed by atoms with E-state index in [9.17, 15) is 9.59 Å². The number of nitrogens with zero attached hydrogens (tertiary/aromatic N) is 1. The van der Waals surface area contributed by atoms with Gasteiger partial charge in [-0.3, -0.25) is 4.79 Å². The molecule has 2 heterocycles. The van der Waals surface area contributed by atoms with Crippen molar-refractivity contribution >= 4 is 6.03 Å². The highest BCUT2D eigenvalue weighted by Gasteiger charge is 2.29. The van der Waals surface area contributed by atoms with Crippen LogP contribution in [0.3, 0.4) is 0 Å². The summed E-state index contributed by atoms with van der Waals surface area (Å²) in [7, 11) is 0. The SMILES string of the molecule is Cc1ccc([C@@H]2CCCN2C(=O)NCc2c(C)cc(C)[nH]c2=O)cc1. The number of amides is 2. The van der Waals surface area contributed by atoms with Crippen molar-refractivity contribution in [2.45, 2.75) is 46.2 Å². The second-order valence-corrected chi connectivity index (χ2v) is 6.86. The van der Waals surface area contributed by atoms with Gasteiger partial charge in [0.1, 0.15) is 0 Å². The van der Waals surface area contributed by atoms with Crippen LogP contribution in [-0.2, 0) is 6.54 Å². The van der Waals surface area contributed by atoms with Crippen molar-refractivity contribution in [2.24, 2.45) is 0 Å². The quantitative estimate of drug-likeness (QED) is 0.901. The lowest BCUT2D eigenvalue weighted by atomic mass is 10.0. The molecule has 2 aromatic rings. The fraction of sp³-hybridized carbons (Fsp3) is 0.400. The van der Waals surface area contributed by atoms with Crippen LogP contribution in [0.1, 0.15) is 46.8 Å². The molecule has 132 valence electrons.